The Labute approximate surface area is 154 Å². The van der Waals surface area contributed by atoms with E-state index in [1.165, 1.54) is 35.6 Å². The van der Waals surface area contributed by atoms with Crippen molar-refractivity contribution in [1.82, 2.24) is 4.98 Å². The smallest absolute Gasteiger partial charge is 0.241 e. The fourth-order valence-electron chi connectivity index (χ4n) is 2.48. The van der Waals surface area contributed by atoms with Gasteiger partial charge in [0, 0.05) is 5.02 Å². The number of rotatable bonds is 4. The number of carbonyl (C=O) groups is 1. The van der Waals surface area contributed by atoms with E-state index in [-0.39, 0.29) is 4.90 Å². The highest BCUT2D eigenvalue weighted by Crippen LogP contribution is 2.29. The molecule has 1 heterocycles. The quantitative estimate of drug-likeness (QED) is 0.726. The van der Waals surface area contributed by atoms with Crippen LogP contribution in [0, 0.1) is 13.8 Å². The van der Waals surface area contributed by atoms with Crippen LogP contribution in [-0.2, 0) is 14.6 Å². The van der Waals surface area contributed by atoms with E-state index in [2.05, 4.69) is 10.3 Å². The maximum Gasteiger partial charge on any atom is 0.241 e. The summed E-state index contributed by atoms with van der Waals surface area (Å²) >= 11 is 7.08. The molecule has 0 radical (unpaired) electrons. The average molecular weight is 395 g/mol. The maximum absolute atomic E-state index is 12.3. The van der Waals surface area contributed by atoms with Crippen LogP contribution in [0.1, 0.15) is 11.1 Å². The van der Waals surface area contributed by atoms with Gasteiger partial charge in [0.05, 0.1) is 15.1 Å². The molecule has 3 rings (SSSR count). The molecule has 1 aromatic heterocycles. The standard InChI is InChI=1S/C17H15ClN2O3S2/c1-10-7-11(2)16-14(8-10)24-17(20-16)19-15(21)9-25(22,23)13-5-3-12(18)4-6-13/h3-8H,9H2,1-2H3,(H,19,20,21). The lowest BCUT2D eigenvalue weighted by Gasteiger charge is -2.04. The Hall–Kier alpha value is -1.96. The molecule has 0 aliphatic heterocycles. The molecule has 0 saturated carbocycles. The number of hydrogen-bond acceptors (Lipinski definition) is 5. The average Bonchev–Trinajstić information content (AvgIpc) is 2.89. The lowest BCUT2D eigenvalue weighted by molar-refractivity contribution is -0.113. The van der Waals surface area contributed by atoms with Crippen LogP contribution < -0.4 is 5.32 Å². The molecule has 0 spiro atoms. The molecule has 0 unspecified atom stereocenters. The van der Waals surface area contributed by atoms with Crippen molar-refractivity contribution in [3.8, 4) is 0 Å². The lowest BCUT2D eigenvalue weighted by Crippen LogP contribution is -2.22. The van der Waals surface area contributed by atoms with Gasteiger partial charge in [0.1, 0.15) is 5.75 Å². The number of carbonyl (C=O) groups excluding carboxylic acids is 1. The van der Waals surface area contributed by atoms with Gasteiger partial charge in [0.15, 0.2) is 15.0 Å². The second-order valence-electron chi connectivity index (χ2n) is 5.71. The monoisotopic (exact) mass is 394 g/mol. The minimum atomic E-state index is -3.74. The number of aryl methyl sites for hydroxylation is 2. The number of aromatic nitrogens is 1. The van der Waals surface area contributed by atoms with Gasteiger partial charge in [-0.05, 0) is 55.3 Å². The van der Waals surface area contributed by atoms with Gasteiger partial charge in [0.25, 0.3) is 0 Å². The van der Waals surface area contributed by atoms with E-state index in [1.807, 2.05) is 26.0 Å². The Morgan fingerprint density at radius 2 is 1.88 bits per heavy atom. The summed E-state index contributed by atoms with van der Waals surface area (Å²) in [5.74, 6) is -1.27. The van der Waals surface area contributed by atoms with Crippen molar-refractivity contribution in [2.24, 2.45) is 0 Å². The van der Waals surface area contributed by atoms with Crippen LogP contribution >= 0.6 is 22.9 Å². The molecule has 0 bridgehead atoms. The van der Waals surface area contributed by atoms with Crippen LogP contribution in [0.15, 0.2) is 41.3 Å². The van der Waals surface area contributed by atoms with Gasteiger partial charge in [0.2, 0.25) is 5.91 Å². The minimum absolute atomic E-state index is 0.0582. The molecule has 8 heteroatoms. The van der Waals surface area contributed by atoms with Gasteiger partial charge in [-0.15, -0.1) is 0 Å². The number of benzene rings is 2. The molecular formula is C17H15ClN2O3S2. The molecular weight excluding hydrogens is 380 g/mol. The molecule has 0 aliphatic carbocycles. The van der Waals surface area contributed by atoms with E-state index in [9.17, 15) is 13.2 Å². The predicted octanol–water partition coefficient (Wildman–Crippen LogP) is 3.98. The van der Waals surface area contributed by atoms with Crippen molar-refractivity contribution in [3.63, 3.8) is 0 Å². The van der Waals surface area contributed by atoms with E-state index in [1.54, 1.807) is 0 Å². The van der Waals surface area contributed by atoms with Crippen LogP contribution in [0.4, 0.5) is 5.13 Å². The van der Waals surface area contributed by atoms with Crippen LogP contribution in [0.2, 0.25) is 5.02 Å². The number of anilines is 1. The highest BCUT2D eigenvalue weighted by atomic mass is 35.5. The molecule has 0 atom stereocenters. The fourth-order valence-corrected chi connectivity index (χ4v) is 4.80. The van der Waals surface area contributed by atoms with Crippen LogP contribution in [0.5, 0.6) is 0 Å². The van der Waals surface area contributed by atoms with E-state index < -0.39 is 21.5 Å². The Morgan fingerprint density at radius 1 is 1.20 bits per heavy atom. The second-order valence-corrected chi connectivity index (χ2v) is 9.17. The Balaban J connectivity index is 1.78. The first kappa shape index (κ1) is 17.8. The predicted molar refractivity (Wildman–Crippen MR) is 101 cm³/mol. The zero-order valence-corrected chi connectivity index (χ0v) is 15.9. The zero-order valence-electron chi connectivity index (χ0n) is 13.5. The van der Waals surface area contributed by atoms with Crippen molar-refractivity contribution < 1.29 is 13.2 Å². The third-order valence-corrected chi connectivity index (χ3v) is 6.37. The lowest BCUT2D eigenvalue weighted by atomic mass is 10.1. The van der Waals surface area contributed by atoms with Gasteiger partial charge in [-0.25, -0.2) is 13.4 Å². The van der Waals surface area contributed by atoms with Crippen molar-refractivity contribution in [2.45, 2.75) is 18.7 Å². The molecule has 130 valence electrons. The van der Waals surface area contributed by atoms with Crippen molar-refractivity contribution >= 4 is 54.0 Å². The third kappa shape index (κ3) is 4.00. The minimum Gasteiger partial charge on any atom is -0.301 e. The van der Waals surface area contributed by atoms with Crippen LogP contribution in [0.25, 0.3) is 10.2 Å². The van der Waals surface area contributed by atoms with Gasteiger partial charge in [-0.3, -0.25) is 4.79 Å². The molecule has 0 aliphatic rings. The van der Waals surface area contributed by atoms with E-state index >= 15 is 0 Å². The topological polar surface area (TPSA) is 76.1 Å². The number of amides is 1. The first-order chi connectivity index (χ1) is 11.7. The largest absolute Gasteiger partial charge is 0.301 e. The Kier molecular flexibility index (Phi) is 4.81. The number of sulfone groups is 1. The normalized spacial score (nSPS) is 11.6. The summed E-state index contributed by atoms with van der Waals surface area (Å²) in [5, 5.41) is 3.40. The van der Waals surface area contributed by atoms with Crippen molar-refractivity contribution in [3.05, 3.63) is 52.5 Å². The Bertz CT molecular complexity index is 1060. The SMILES string of the molecule is Cc1cc(C)c2nc(NC(=O)CS(=O)(=O)c3ccc(Cl)cc3)sc2c1. The number of hydrogen-bond donors (Lipinski definition) is 1. The third-order valence-electron chi connectivity index (χ3n) is 3.57. The number of thiazole rings is 1. The van der Waals surface area contributed by atoms with Gasteiger partial charge < -0.3 is 5.32 Å². The number of nitrogens with one attached hydrogen (secondary N) is 1. The van der Waals surface area contributed by atoms with Crippen molar-refractivity contribution in [1.29, 1.82) is 0 Å². The summed E-state index contributed by atoms with van der Waals surface area (Å²) in [6.07, 6.45) is 0. The van der Waals surface area contributed by atoms with E-state index in [0.717, 1.165) is 21.3 Å². The molecule has 25 heavy (non-hydrogen) atoms. The molecule has 3 aromatic rings. The van der Waals surface area contributed by atoms with E-state index in [0.29, 0.717) is 10.2 Å². The first-order valence-electron chi connectivity index (χ1n) is 7.40. The van der Waals surface area contributed by atoms with Crippen LogP contribution in [-0.4, -0.2) is 25.1 Å². The van der Waals surface area contributed by atoms with E-state index in [4.69, 9.17) is 11.6 Å². The molecule has 5 nitrogen and oxygen atoms in total. The van der Waals surface area contributed by atoms with Gasteiger partial charge >= 0.3 is 0 Å². The summed E-state index contributed by atoms with van der Waals surface area (Å²) in [6.45, 7) is 3.94. The highest BCUT2D eigenvalue weighted by molar-refractivity contribution is 7.92. The van der Waals surface area contributed by atoms with Crippen molar-refractivity contribution in [2.75, 3.05) is 11.1 Å². The molecule has 1 N–H and O–H groups in total. The molecule has 0 saturated heterocycles. The summed E-state index contributed by atoms with van der Waals surface area (Å²) in [5.41, 5.74) is 2.93. The van der Waals surface area contributed by atoms with Crippen LogP contribution in [0.3, 0.4) is 0 Å². The molecule has 2 aromatic carbocycles. The maximum atomic E-state index is 12.3. The zero-order chi connectivity index (χ0) is 18.2. The number of nitrogens with zero attached hydrogens (tertiary/aromatic N) is 1. The molecule has 1 amide bonds. The highest BCUT2D eigenvalue weighted by Gasteiger charge is 2.20. The second kappa shape index (κ2) is 6.74. The number of fused-ring (bicyclic) bond motifs is 1. The molecule has 0 fully saturated rings. The fraction of sp³-hybridized carbons (Fsp3) is 0.176. The first-order valence-corrected chi connectivity index (χ1v) is 10.3. The summed E-state index contributed by atoms with van der Waals surface area (Å²) in [7, 11) is -3.74. The summed E-state index contributed by atoms with van der Waals surface area (Å²) < 4.78 is 25.5. The van der Waals surface area contributed by atoms with Gasteiger partial charge in [-0.1, -0.05) is 29.0 Å². The van der Waals surface area contributed by atoms with Gasteiger partial charge in [-0.2, -0.15) is 0 Å². The number of halogens is 1. The summed E-state index contributed by atoms with van der Waals surface area (Å²) in [6, 6.07) is 9.72. The Morgan fingerprint density at radius 3 is 2.56 bits per heavy atom. The summed E-state index contributed by atoms with van der Waals surface area (Å²) in [4.78, 5) is 16.6.